The SMILES string of the molecule is NC(=S)[NH+]=C(N)N.NC(=S)[NH+]=C(N)N.O=C([O-])CCC(=O)[O-]. The minimum Gasteiger partial charge on any atom is -0.550 e. The second-order valence-electron chi connectivity index (χ2n) is 3.13. The molecule has 0 saturated heterocycles. The largest absolute Gasteiger partial charge is 0.550 e. The van der Waals surface area contributed by atoms with Gasteiger partial charge < -0.3 is 54.2 Å². The molecule has 0 bridgehead atoms. The molecule has 0 fully saturated rings. The van der Waals surface area contributed by atoms with E-state index in [1.807, 2.05) is 0 Å². The minimum atomic E-state index is -1.37. The van der Waals surface area contributed by atoms with Crippen LogP contribution in [0.1, 0.15) is 12.8 Å². The van der Waals surface area contributed by atoms with Crippen molar-refractivity contribution in [1.29, 1.82) is 0 Å². The lowest BCUT2D eigenvalue weighted by molar-refractivity contribution is -0.316. The first-order chi connectivity index (χ1) is 9.88. The second kappa shape index (κ2) is 14.7. The van der Waals surface area contributed by atoms with Crippen molar-refractivity contribution in [2.45, 2.75) is 12.8 Å². The zero-order valence-corrected chi connectivity index (χ0v) is 13.0. The zero-order valence-electron chi connectivity index (χ0n) is 11.3. The Morgan fingerprint density at radius 1 is 0.727 bits per heavy atom. The summed E-state index contributed by atoms with van der Waals surface area (Å²) < 4.78 is 0. The Balaban J connectivity index is -0.000000247. The number of carbonyl (C=O) groups excluding carboxylic acids is 2. The number of aliphatic carboxylic acids is 2. The van der Waals surface area contributed by atoms with Gasteiger partial charge in [0.2, 0.25) is 0 Å². The Morgan fingerprint density at radius 3 is 1.00 bits per heavy atom. The number of rotatable bonds is 3. The van der Waals surface area contributed by atoms with Crippen molar-refractivity contribution >= 4 is 58.5 Å². The molecule has 0 aromatic heterocycles. The second-order valence-corrected chi connectivity index (χ2v) is 4.01. The zero-order chi connectivity index (χ0) is 18.3. The predicted molar refractivity (Wildman–Crippen MR) is 81.5 cm³/mol. The third-order valence-corrected chi connectivity index (χ3v) is 1.27. The fourth-order valence-electron chi connectivity index (χ4n) is 0.489. The Labute approximate surface area is 136 Å². The first kappa shape index (κ1) is 24.3. The molecule has 0 aliphatic carbocycles. The number of hydrogen-bond acceptors (Lipinski definition) is 6. The van der Waals surface area contributed by atoms with E-state index in [-0.39, 0.29) is 22.1 Å². The van der Waals surface area contributed by atoms with Crippen LogP contribution in [0.2, 0.25) is 0 Å². The summed E-state index contributed by atoms with van der Waals surface area (Å²) in [5, 5.41) is 19.2. The van der Waals surface area contributed by atoms with E-state index in [4.69, 9.17) is 34.4 Å². The van der Waals surface area contributed by atoms with Gasteiger partial charge in [0.15, 0.2) is 0 Å². The molecular formula is C8H18N8O4S2. The molecule has 0 aliphatic rings. The Bertz CT molecular complexity index is 415. The molecule has 14 heteroatoms. The average Bonchev–Trinajstić information content (AvgIpc) is 2.23. The van der Waals surface area contributed by atoms with Crippen LogP contribution in [0.15, 0.2) is 0 Å². The van der Waals surface area contributed by atoms with Crippen LogP contribution in [0.4, 0.5) is 0 Å². The van der Waals surface area contributed by atoms with Crippen molar-refractivity contribution in [2.24, 2.45) is 34.4 Å². The molecule has 0 rings (SSSR count). The van der Waals surface area contributed by atoms with E-state index in [0.29, 0.717) is 0 Å². The van der Waals surface area contributed by atoms with Gasteiger partial charge >= 0.3 is 11.9 Å². The topological polar surface area (TPSA) is 264 Å². The average molecular weight is 354 g/mol. The van der Waals surface area contributed by atoms with Gasteiger partial charge in [0.05, 0.1) is 0 Å². The van der Waals surface area contributed by atoms with E-state index in [1.165, 1.54) is 0 Å². The molecule has 0 amide bonds. The smallest absolute Gasteiger partial charge is 0.303 e. The lowest BCUT2D eigenvalue weighted by Gasteiger charge is -2.00. The first-order valence-electron chi connectivity index (χ1n) is 5.16. The number of carboxylic acids is 2. The van der Waals surface area contributed by atoms with E-state index in [0.717, 1.165) is 0 Å². The highest BCUT2D eigenvalue weighted by Gasteiger charge is 1.85. The molecule has 0 atom stereocenters. The van der Waals surface area contributed by atoms with Crippen LogP contribution in [-0.4, -0.2) is 34.1 Å². The monoisotopic (exact) mass is 354 g/mol. The molecule has 0 aromatic carbocycles. The maximum atomic E-state index is 9.50. The molecule has 14 N–H and O–H groups in total. The maximum absolute atomic E-state index is 9.50. The third-order valence-electron chi connectivity index (χ3n) is 1.07. The molecule has 0 heterocycles. The van der Waals surface area contributed by atoms with Gasteiger partial charge in [0.1, 0.15) is 0 Å². The van der Waals surface area contributed by atoms with Crippen LogP contribution in [0.3, 0.4) is 0 Å². The van der Waals surface area contributed by atoms with Crippen LogP contribution in [0.25, 0.3) is 0 Å². The van der Waals surface area contributed by atoms with Gasteiger partial charge in [-0.2, -0.15) is 0 Å². The standard InChI is InChI=1S/C4H6O4.2C2H6N4S/c5-3(6)1-2-4(7)8;2*3-1(4)6-2(5)7/h1-2H2,(H,5,6)(H,7,8);2*(H6,3,4,5,6,7). The normalized spacial score (nSPS) is 7.82. The lowest BCUT2D eigenvalue weighted by atomic mass is 10.3. The molecule has 22 heavy (non-hydrogen) atoms. The molecule has 0 aromatic rings. The summed E-state index contributed by atoms with van der Waals surface area (Å²) in [6.45, 7) is 0. The molecule has 126 valence electrons. The van der Waals surface area contributed by atoms with E-state index in [9.17, 15) is 19.8 Å². The van der Waals surface area contributed by atoms with Crippen molar-refractivity contribution in [3.05, 3.63) is 0 Å². The summed E-state index contributed by atoms with van der Waals surface area (Å²) in [7, 11) is 0. The summed E-state index contributed by atoms with van der Waals surface area (Å²) in [5.41, 5.74) is 29.5. The maximum Gasteiger partial charge on any atom is 0.303 e. The molecule has 0 spiro atoms. The first-order valence-corrected chi connectivity index (χ1v) is 5.98. The van der Waals surface area contributed by atoms with Crippen LogP contribution in [0.5, 0.6) is 0 Å². The fraction of sp³-hybridized carbons (Fsp3) is 0.250. The van der Waals surface area contributed by atoms with Gasteiger partial charge in [-0.05, 0) is 37.3 Å². The molecule has 0 saturated carbocycles. The van der Waals surface area contributed by atoms with Gasteiger partial charge in [0.25, 0.3) is 10.2 Å². The number of guanidine groups is 2. The van der Waals surface area contributed by atoms with Gasteiger partial charge in [-0.25, -0.2) is 9.98 Å². The fourth-order valence-corrected chi connectivity index (χ4v) is 0.724. The predicted octanol–water partition coefficient (Wildman–Crippen LogP) is -9.57. The molecule has 0 unspecified atom stereocenters. The van der Waals surface area contributed by atoms with E-state index in [1.54, 1.807) is 0 Å². The number of nitrogens with one attached hydrogen (secondary N) is 2. The van der Waals surface area contributed by atoms with Crippen LogP contribution in [0, 0.1) is 0 Å². The number of carbonyl (C=O) groups is 2. The number of nitrogens with two attached hydrogens (primary N) is 6. The van der Waals surface area contributed by atoms with Crippen LogP contribution < -0.4 is 54.6 Å². The molecule has 12 nitrogen and oxygen atoms in total. The summed E-state index contributed by atoms with van der Waals surface area (Å²) in [6, 6.07) is 0. The number of hydrogen-bond donors (Lipinski definition) is 8. The van der Waals surface area contributed by atoms with Crippen LogP contribution in [-0.2, 0) is 9.59 Å². The van der Waals surface area contributed by atoms with Crippen molar-refractivity contribution in [1.82, 2.24) is 0 Å². The Morgan fingerprint density at radius 2 is 0.955 bits per heavy atom. The van der Waals surface area contributed by atoms with Crippen molar-refractivity contribution in [3.63, 3.8) is 0 Å². The summed E-state index contributed by atoms with van der Waals surface area (Å²) in [4.78, 5) is 23.6. The quantitative estimate of drug-likeness (QED) is 0.133. The molecular weight excluding hydrogens is 336 g/mol. The Hall–Kier alpha value is -2.74. The highest BCUT2D eigenvalue weighted by Crippen LogP contribution is 1.81. The van der Waals surface area contributed by atoms with Gasteiger partial charge in [0, 0.05) is 11.9 Å². The van der Waals surface area contributed by atoms with E-state index >= 15 is 0 Å². The number of carboxylic acid groups (broad SMARTS) is 2. The summed E-state index contributed by atoms with van der Waals surface area (Å²) in [5.74, 6) is -2.69. The van der Waals surface area contributed by atoms with Crippen molar-refractivity contribution in [2.75, 3.05) is 0 Å². The lowest BCUT2D eigenvalue weighted by Crippen LogP contribution is -2.83. The third kappa shape index (κ3) is 43.3. The highest BCUT2D eigenvalue weighted by molar-refractivity contribution is 7.80. The van der Waals surface area contributed by atoms with Gasteiger partial charge in [-0.15, -0.1) is 0 Å². The summed E-state index contributed by atoms with van der Waals surface area (Å²) in [6.07, 6.45) is -0.940. The highest BCUT2D eigenvalue weighted by atomic mass is 32.1. The Kier molecular flexibility index (Phi) is 16.2. The van der Waals surface area contributed by atoms with E-state index < -0.39 is 24.8 Å². The molecule has 0 aliphatic heterocycles. The van der Waals surface area contributed by atoms with Crippen molar-refractivity contribution in [3.8, 4) is 0 Å². The van der Waals surface area contributed by atoms with Gasteiger partial charge in [-0.3, -0.25) is 0 Å². The molecule has 0 radical (unpaired) electrons. The van der Waals surface area contributed by atoms with E-state index in [2.05, 4.69) is 34.4 Å². The summed E-state index contributed by atoms with van der Waals surface area (Å²) >= 11 is 8.72. The van der Waals surface area contributed by atoms with Crippen molar-refractivity contribution < 1.29 is 29.8 Å². The van der Waals surface area contributed by atoms with Gasteiger partial charge in [-0.1, -0.05) is 0 Å². The number of thiocarbonyl (C=S) groups is 2. The minimum absolute atomic E-state index is 0.0208. The van der Waals surface area contributed by atoms with Crippen LogP contribution >= 0.6 is 24.4 Å².